The maximum atomic E-state index is 10.2. The van der Waals surface area contributed by atoms with E-state index in [1.165, 1.54) is 12.2 Å². The Hall–Kier alpha value is -1.68. The molecule has 8 heteroatoms. The van der Waals surface area contributed by atoms with Crippen molar-refractivity contribution in [1.29, 1.82) is 0 Å². The summed E-state index contributed by atoms with van der Waals surface area (Å²) in [5, 5.41) is 61.0. The number of rotatable bonds is 7. The molecule has 0 aliphatic heterocycles. The lowest BCUT2D eigenvalue weighted by molar-refractivity contribution is -0.0996. The van der Waals surface area contributed by atoms with Crippen LogP contribution in [0, 0.1) is 13.8 Å². The van der Waals surface area contributed by atoms with E-state index in [1.54, 1.807) is 36.4 Å². The van der Waals surface area contributed by atoms with Crippen LogP contribution in [0.2, 0.25) is 0 Å². The van der Waals surface area contributed by atoms with Gasteiger partial charge in [-0.15, -0.1) is 0 Å². The standard InChI is InChI=1S/C22H24Br2O6/c1-11-3-5-13(7-15(11)23)9-17(25)19(27)21(29)22(30)20(28)18(26)10-14-6-4-12(2)16(24)8-14/h3-10,19-22,25-30H,1-2H3/t19-,20+,21-,22-/m1/s1. The van der Waals surface area contributed by atoms with E-state index in [0.29, 0.717) is 11.1 Å². The van der Waals surface area contributed by atoms with Crippen molar-refractivity contribution in [3.63, 3.8) is 0 Å². The third-order valence-electron chi connectivity index (χ3n) is 4.62. The van der Waals surface area contributed by atoms with Gasteiger partial charge in [-0.05, 0) is 60.4 Å². The van der Waals surface area contributed by atoms with Crippen molar-refractivity contribution in [3.8, 4) is 0 Å². The normalized spacial score (nSPS) is 16.8. The first kappa shape index (κ1) is 24.6. The highest BCUT2D eigenvalue weighted by Crippen LogP contribution is 2.23. The predicted molar refractivity (Wildman–Crippen MR) is 123 cm³/mol. The largest absolute Gasteiger partial charge is 0.509 e. The first-order chi connectivity index (χ1) is 14.0. The fourth-order valence-corrected chi connectivity index (χ4v) is 3.43. The summed E-state index contributed by atoms with van der Waals surface area (Å²) in [7, 11) is 0. The summed E-state index contributed by atoms with van der Waals surface area (Å²) in [6.07, 6.45) is -5.20. The molecule has 0 radical (unpaired) electrons. The van der Waals surface area contributed by atoms with Crippen LogP contribution < -0.4 is 0 Å². The van der Waals surface area contributed by atoms with Gasteiger partial charge >= 0.3 is 0 Å². The van der Waals surface area contributed by atoms with Crippen LogP contribution in [-0.2, 0) is 0 Å². The molecule has 0 bridgehead atoms. The topological polar surface area (TPSA) is 121 Å². The molecule has 0 saturated carbocycles. The van der Waals surface area contributed by atoms with Gasteiger partial charge in [-0.25, -0.2) is 0 Å². The van der Waals surface area contributed by atoms with Crippen LogP contribution >= 0.6 is 31.9 Å². The van der Waals surface area contributed by atoms with E-state index >= 15 is 0 Å². The van der Waals surface area contributed by atoms with Crippen molar-refractivity contribution in [2.45, 2.75) is 38.3 Å². The zero-order valence-corrected chi connectivity index (χ0v) is 19.5. The Morgan fingerprint density at radius 1 is 0.700 bits per heavy atom. The van der Waals surface area contributed by atoms with Gasteiger partial charge in [0.2, 0.25) is 0 Å². The van der Waals surface area contributed by atoms with Gasteiger partial charge in [-0.2, -0.15) is 0 Å². The molecule has 2 aromatic carbocycles. The Morgan fingerprint density at radius 3 is 1.33 bits per heavy atom. The maximum absolute atomic E-state index is 10.2. The van der Waals surface area contributed by atoms with Crippen LogP contribution in [0.4, 0.5) is 0 Å². The number of aryl methyl sites for hydroxylation is 2. The lowest BCUT2D eigenvalue weighted by Gasteiger charge is -2.26. The van der Waals surface area contributed by atoms with Crippen LogP contribution in [0.25, 0.3) is 12.2 Å². The Labute approximate surface area is 191 Å². The molecular formula is C22H24Br2O6. The molecule has 2 rings (SSSR count). The molecule has 6 N–H and O–H groups in total. The van der Waals surface area contributed by atoms with Crippen LogP contribution in [0.3, 0.4) is 0 Å². The predicted octanol–water partition coefficient (Wildman–Crippen LogP) is 3.77. The van der Waals surface area contributed by atoms with Gasteiger partial charge in [0.15, 0.2) is 0 Å². The number of aliphatic hydroxyl groups is 6. The van der Waals surface area contributed by atoms with Crippen molar-refractivity contribution in [1.82, 2.24) is 0 Å². The average Bonchev–Trinajstić information content (AvgIpc) is 2.71. The summed E-state index contributed by atoms with van der Waals surface area (Å²) >= 11 is 6.73. The third kappa shape index (κ3) is 6.16. The second-order valence-electron chi connectivity index (χ2n) is 7.03. The van der Waals surface area contributed by atoms with Gasteiger partial charge in [0, 0.05) is 8.95 Å². The van der Waals surface area contributed by atoms with Crippen molar-refractivity contribution in [3.05, 3.63) is 79.1 Å². The molecule has 0 aliphatic rings. The van der Waals surface area contributed by atoms with Crippen molar-refractivity contribution in [2.24, 2.45) is 0 Å². The SMILES string of the molecule is Cc1ccc(C=C(O)[C@@H](O)[C@@H](O)[C@H](O)[C@@H](O)C(O)=Cc2ccc(C)c(Br)c2)cc1Br. The smallest absolute Gasteiger partial charge is 0.139 e. The van der Waals surface area contributed by atoms with E-state index in [2.05, 4.69) is 31.9 Å². The molecule has 0 heterocycles. The Balaban J connectivity index is 2.14. The monoisotopic (exact) mass is 542 g/mol. The highest BCUT2D eigenvalue weighted by Gasteiger charge is 2.34. The summed E-state index contributed by atoms with van der Waals surface area (Å²) in [5.74, 6) is -1.20. The van der Waals surface area contributed by atoms with Crippen LogP contribution in [0.5, 0.6) is 0 Å². The van der Waals surface area contributed by atoms with E-state index in [4.69, 9.17) is 0 Å². The van der Waals surface area contributed by atoms with Crippen LogP contribution in [0.15, 0.2) is 56.9 Å². The number of benzene rings is 2. The molecule has 0 fully saturated rings. The van der Waals surface area contributed by atoms with Crippen molar-refractivity contribution < 1.29 is 30.6 Å². The lowest BCUT2D eigenvalue weighted by atomic mass is 9.98. The molecule has 0 unspecified atom stereocenters. The van der Waals surface area contributed by atoms with Crippen LogP contribution in [0.1, 0.15) is 22.3 Å². The third-order valence-corrected chi connectivity index (χ3v) is 6.33. The van der Waals surface area contributed by atoms with E-state index in [1.807, 2.05) is 13.8 Å². The molecule has 4 atom stereocenters. The summed E-state index contributed by atoms with van der Waals surface area (Å²) in [6.45, 7) is 3.78. The molecule has 0 saturated heterocycles. The van der Waals surface area contributed by atoms with Gasteiger partial charge < -0.3 is 30.6 Å². The van der Waals surface area contributed by atoms with E-state index in [9.17, 15) is 30.6 Å². The first-order valence-electron chi connectivity index (χ1n) is 9.07. The lowest BCUT2D eigenvalue weighted by Crippen LogP contribution is -2.45. The molecule has 30 heavy (non-hydrogen) atoms. The van der Waals surface area contributed by atoms with E-state index < -0.39 is 35.9 Å². The second-order valence-corrected chi connectivity index (χ2v) is 8.74. The zero-order valence-electron chi connectivity index (χ0n) is 16.4. The molecule has 2 aromatic rings. The van der Waals surface area contributed by atoms with Gasteiger partial charge in [0.05, 0.1) is 0 Å². The fraction of sp³-hybridized carbons (Fsp3) is 0.273. The van der Waals surface area contributed by atoms with Crippen molar-refractivity contribution in [2.75, 3.05) is 0 Å². The van der Waals surface area contributed by atoms with E-state index in [0.717, 1.165) is 20.1 Å². The quantitative estimate of drug-likeness (QED) is 0.296. The minimum atomic E-state index is -1.95. The average molecular weight is 544 g/mol. The Kier molecular flexibility index (Phi) is 8.66. The maximum Gasteiger partial charge on any atom is 0.139 e. The Bertz CT molecular complexity index is 879. The van der Waals surface area contributed by atoms with Crippen molar-refractivity contribution >= 4 is 44.0 Å². The number of aliphatic hydroxyl groups excluding tert-OH is 6. The second kappa shape index (κ2) is 10.6. The highest BCUT2D eigenvalue weighted by atomic mass is 79.9. The highest BCUT2D eigenvalue weighted by molar-refractivity contribution is 9.10. The summed E-state index contributed by atoms with van der Waals surface area (Å²) in [6, 6.07) is 10.4. The van der Waals surface area contributed by atoms with Gasteiger partial charge in [-0.1, -0.05) is 56.1 Å². The zero-order chi connectivity index (χ0) is 22.6. The molecule has 0 aromatic heterocycles. The molecular weight excluding hydrogens is 520 g/mol. The molecule has 0 aliphatic carbocycles. The summed E-state index contributed by atoms with van der Waals surface area (Å²) in [5.41, 5.74) is 3.07. The van der Waals surface area contributed by atoms with Gasteiger partial charge in [-0.3, -0.25) is 0 Å². The fourth-order valence-electron chi connectivity index (χ4n) is 2.63. The van der Waals surface area contributed by atoms with Gasteiger partial charge in [0.1, 0.15) is 35.9 Å². The number of hydrogen-bond donors (Lipinski definition) is 6. The number of halogens is 2. The van der Waals surface area contributed by atoms with Crippen LogP contribution in [-0.4, -0.2) is 55.1 Å². The summed E-state index contributed by atoms with van der Waals surface area (Å²) in [4.78, 5) is 0. The minimum absolute atomic E-state index is 0.555. The molecule has 162 valence electrons. The minimum Gasteiger partial charge on any atom is -0.509 e. The van der Waals surface area contributed by atoms with E-state index in [-0.39, 0.29) is 0 Å². The molecule has 6 nitrogen and oxygen atoms in total. The number of hydrogen-bond acceptors (Lipinski definition) is 6. The van der Waals surface area contributed by atoms with Gasteiger partial charge in [0.25, 0.3) is 0 Å². The molecule has 0 spiro atoms. The molecule has 0 amide bonds. The Morgan fingerprint density at radius 2 is 1.03 bits per heavy atom. The first-order valence-corrected chi connectivity index (χ1v) is 10.7. The summed E-state index contributed by atoms with van der Waals surface area (Å²) < 4.78 is 1.60.